The van der Waals surface area contributed by atoms with E-state index in [1.54, 1.807) is 6.20 Å². The van der Waals surface area contributed by atoms with Crippen molar-refractivity contribution in [3.05, 3.63) is 200 Å². The second-order valence-electron chi connectivity index (χ2n) is 13.3. The van der Waals surface area contributed by atoms with Gasteiger partial charge in [0.25, 0.3) is 0 Å². The van der Waals surface area contributed by atoms with Gasteiger partial charge in [0, 0.05) is 28.5 Å². The van der Waals surface area contributed by atoms with Crippen LogP contribution in [0.15, 0.2) is 194 Å². The number of fused-ring (bicyclic) bond motifs is 1. The molecule has 0 atom stereocenters. The second-order valence-corrected chi connectivity index (χ2v) is 13.3. The zero-order valence-corrected chi connectivity index (χ0v) is 29.3. The molecule has 0 aliphatic rings. The van der Waals surface area contributed by atoms with E-state index in [0.29, 0.717) is 11.4 Å². The van der Waals surface area contributed by atoms with Gasteiger partial charge in [-0.05, 0) is 92.7 Å². The van der Waals surface area contributed by atoms with Crippen LogP contribution in [0.5, 0.6) is 0 Å². The van der Waals surface area contributed by atoms with Crippen LogP contribution in [0.2, 0.25) is 0 Å². The molecule has 4 heteroatoms. The molecule has 0 N–H and O–H groups in total. The van der Waals surface area contributed by atoms with Gasteiger partial charge in [0.2, 0.25) is 0 Å². The number of pyridine rings is 1. The Bertz CT molecular complexity index is 2730. The second kappa shape index (κ2) is 14.3. The Morgan fingerprint density at radius 2 is 0.815 bits per heavy atom. The van der Waals surface area contributed by atoms with Crippen molar-refractivity contribution < 1.29 is 0 Å². The molecule has 2 heterocycles. The minimum Gasteiger partial charge on any atom is -0.256 e. The Kier molecular flexibility index (Phi) is 8.57. The van der Waals surface area contributed by atoms with Gasteiger partial charge in [0.05, 0.1) is 28.7 Å². The smallest absolute Gasteiger partial charge is 0.160 e. The fourth-order valence-corrected chi connectivity index (χ4v) is 6.90. The maximum atomic E-state index is 9.96. The van der Waals surface area contributed by atoms with Crippen molar-refractivity contribution >= 4 is 10.8 Å². The van der Waals surface area contributed by atoms with Crippen molar-refractivity contribution in [1.82, 2.24) is 15.0 Å². The molecular formula is C50H32N4. The van der Waals surface area contributed by atoms with Crippen LogP contribution in [0.4, 0.5) is 0 Å². The maximum Gasteiger partial charge on any atom is 0.160 e. The molecule has 0 saturated carbocycles. The summed E-state index contributed by atoms with van der Waals surface area (Å²) >= 11 is 0. The van der Waals surface area contributed by atoms with Crippen molar-refractivity contribution in [3.8, 4) is 84.6 Å². The summed E-state index contributed by atoms with van der Waals surface area (Å²) in [6.45, 7) is 0. The van der Waals surface area contributed by atoms with Gasteiger partial charge in [-0.15, -0.1) is 0 Å². The monoisotopic (exact) mass is 688 g/mol. The molecule has 9 aromatic rings. The van der Waals surface area contributed by atoms with Gasteiger partial charge >= 0.3 is 0 Å². The minimum absolute atomic E-state index is 0.624. The molecule has 54 heavy (non-hydrogen) atoms. The van der Waals surface area contributed by atoms with Crippen molar-refractivity contribution in [1.29, 1.82) is 5.26 Å². The molecule has 4 nitrogen and oxygen atoms in total. The average molecular weight is 689 g/mol. The standard InChI is InChI=1S/C50H32N4/c51-33-34-27-44(36-14-20-40(21-15-36)47-13-7-8-26-52-47)31-45(28-34)43-25-19-37-18-24-42(29-46(37)30-43)35-16-22-41(23-17-35)50-53-48(38-9-3-1-4-10-38)32-49(54-50)39-11-5-2-6-12-39/h1-32H. The van der Waals surface area contributed by atoms with Gasteiger partial charge in [0.1, 0.15) is 0 Å². The zero-order valence-electron chi connectivity index (χ0n) is 29.3. The van der Waals surface area contributed by atoms with Crippen LogP contribution in [0.25, 0.3) is 89.3 Å². The van der Waals surface area contributed by atoms with E-state index >= 15 is 0 Å². The molecule has 9 rings (SSSR count). The van der Waals surface area contributed by atoms with E-state index in [1.165, 1.54) is 0 Å². The van der Waals surface area contributed by atoms with E-state index < -0.39 is 0 Å². The number of hydrogen-bond acceptors (Lipinski definition) is 4. The largest absolute Gasteiger partial charge is 0.256 e. The summed E-state index contributed by atoms with van der Waals surface area (Å²) in [5.74, 6) is 0.688. The molecule has 0 amide bonds. The topological polar surface area (TPSA) is 62.5 Å². The molecule has 7 aromatic carbocycles. The molecule has 0 unspecified atom stereocenters. The summed E-state index contributed by atoms with van der Waals surface area (Å²) in [5.41, 5.74) is 13.8. The van der Waals surface area contributed by atoms with E-state index in [-0.39, 0.29) is 0 Å². The number of hydrogen-bond donors (Lipinski definition) is 0. The van der Waals surface area contributed by atoms with E-state index in [9.17, 15) is 5.26 Å². The molecule has 0 fully saturated rings. The van der Waals surface area contributed by atoms with Gasteiger partial charge in [-0.2, -0.15) is 5.26 Å². The van der Waals surface area contributed by atoms with E-state index in [4.69, 9.17) is 9.97 Å². The first-order valence-electron chi connectivity index (χ1n) is 17.9. The molecule has 0 spiro atoms. The first kappa shape index (κ1) is 32.4. The lowest BCUT2D eigenvalue weighted by Crippen LogP contribution is -1.95. The predicted octanol–water partition coefficient (Wildman–Crippen LogP) is 12.6. The Hall–Kier alpha value is -7.48. The van der Waals surface area contributed by atoms with Crippen molar-refractivity contribution in [2.24, 2.45) is 0 Å². The van der Waals surface area contributed by atoms with E-state index in [2.05, 4.69) is 132 Å². The summed E-state index contributed by atoms with van der Waals surface area (Å²) < 4.78 is 0. The van der Waals surface area contributed by atoms with Crippen LogP contribution in [0.1, 0.15) is 5.56 Å². The highest BCUT2D eigenvalue weighted by Crippen LogP contribution is 2.34. The van der Waals surface area contributed by atoms with Gasteiger partial charge in [-0.25, -0.2) is 9.97 Å². The van der Waals surface area contributed by atoms with Crippen LogP contribution in [0, 0.1) is 11.3 Å². The summed E-state index contributed by atoms with van der Waals surface area (Å²) in [4.78, 5) is 14.5. The van der Waals surface area contributed by atoms with Gasteiger partial charge in [0.15, 0.2) is 5.82 Å². The SMILES string of the molecule is N#Cc1cc(-c2ccc(-c3ccccn3)cc2)cc(-c2ccc3ccc(-c4ccc(-c5nc(-c6ccccc6)cc(-c6ccccc6)n5)cc4)cc3c2)c1. The minimum atomic E-state index is 0.624. The molecule has 0 aliphatic carbocycles. The summed E-state index contributed by atoms with van der Waals surface area (Å²) in [6.07, 6.45) is 1.80. The lowest BCUT2D eigenvalue weighted by atomic mass is 9.93. The number of rotatable bonds is 7. The third-order valence-electron chi connectivity index (χ3n) is 9.76. The number of aromatic nitrogens is 3. The lowest BCUT2D eigenvalue weighted by Gasteiger charge is -2.11. The maximum absolute atomic E-state index is 9.96. The highest BCUT2D eigenvalue weighted by atomic mass is 14.9. The van der Waals surface area contributed by atoms with Gasteiger partial charge in [-0.1, -0.05) is 140 Å². The van der Waals surface area contributed by atoms with Crippen LogP contribution >= 0.6 is 0 Å². The van der Waals surface area contributed by atoms with E-state index in [1.807, 2.05) is 66.7 Å². The Morgan fingerprint density at radius 1 is 0.333 bits per heavy atom. The number of nitriles is 1. The third-order valence-corrected chi connectivity index (χ3v) is 9.76. The Morgan fingerprint density at radius 3 is 1.39 bits per heavy atom. The van der Waals surface area contributed by atoms with Crippen LogP contribution < -0.4 is 0 Å². The lowest BCUT2D eigenvalue weighted by molar-refractivity contribution is 1.18. The molecule has 252 valence electrons. The average Bonchev–Trinajstić information content (AvgIpc) is 3.26. The Labute approximate surface area is 314 Å². The molecule has 0 radical (unpaired) electrons. The third kappa shape index (κ3) is 6.66. The van der Waals surface area contributed by atoms with Gasteiger partial charge in [-0.3, -0.25) is 4.98 Å². The number of nitrogens with zero attached hydrogens (tertiary/aromatic N) is 4. The quantitative estimate of drug-likeness (QED) is 0.167. The van der Waals surface area contributed by atoms with Crippen molar-refractivity contribution in [3.63, 3.8) is 0 Å². The normalized spacial score (nSPS) is 10.9. The molecule has 0 aliphatic heterocycles. The highest BCUT2D eigenvalue weighted by Gasteiger charge is 2.12. The van der Waals surface area contributed by atoms with Crippen molar-refractivity contribution in [2.45, 2.75) is 0 Å². The zero-order chi connectivity index (χ0) is 36.3. The fraction of sp³-hybridized carbons (Fsp3) is 0. The van der Waals surface area contributed by atoms with Gasteiger partial charge < -0.3 is 0 Å². The summed E-state index contributed by atoms with van der Waals surface area (Å²) in [7, 11) is 0. The van der Waals surface area contributed by atoms with Crippen molar-refractivity contribution in [2.75, 3.05) is 0 Å². The van der Waals surface area contributed by atoms with Crippen LogP contribution in [-0.4, -0.2) is 15.0 Å². The molecular weight excluding hydrogens is 657 g/mol. The summed E-state index contributed by atoms with van der Waals surface area (Å²) in [6, 6.07) is 66.8. The highest BCUT2D eigenvalue weighted by molar-refractivity contribution is 5.92. The first-order chi connectivity index (χ1) is 26.7. The predicted molar refractivity (Wildman–Crippen MR) is 220 cm³/mol. The first-order valence-corrected chi connectivity index (χ1v) is 17.9. The van der Waals surface area contributed by atoms with E-state index in [0.717, 1.165) is 83.5 Å². The molecule has 0 saturated heterocycles. The molecule has 2 aromatic heterocycles. The summed E-state index contributed by atoms with van der Waals surface area (Å²) in [5, 5.41) is 12.2. The molecule has 0 bridgehead atoms. The van der Waals surface area contributed by atoms with Crippen LogP contribution in [0.3, 0.4) is 0 Å². The van der Waals surface area contributed by atoms with Crippen LogP contribution in [-0.2, 0) is 0 Å². The fourth-order valence-electron chi connectivity index (χ4n) is 6.90. The number of benzene rings is 7. The Balaban J connectivity index is 1.03.